The summed E-state index contributed by atoms with van der Waals surface area (Å²) in [6.45, 7) is 0.0955. The molecule has 2 aliphatic rings. The van der Waals surface area contributed by atoms with Crippen molar-refractivity contribution in [3.05, 3.63) is 46.7 Å². The highest BCUT2D eigenvalue weighted by Gasteiger charge is 2.36. The number of fused-ring (bicyclic) bond motifs is 2. The Labute approximate surface area is 194 Å². The normalized spacial score (nSPS) is 17.8. The third-order valence-corrected chi connectivity index (χ3v) is 9.62. The SMILES string of the molecule is Cn1c(=O)oc2cc(F)c(S(=O)(=O)N3CCN(S(=O)(=O)c4ccc5c(c4)OCCO5)CC3)cc21. The second kappa shape index (κ2) is 8.08. The fourth-order valence-corrected chi connectivity index (χ4v) is 6.88. The summed E-state index contributed by atoms with van der Waals surface area (Å²) >= 11 is 0. The van der Waals surface area contributed by atoms with Crippen LogP contribution >= 0.6 is 0 Å². The zero-order valence-electron chi connectivity index (χ0n) is 17.9. The maximum absolute atomic E-state index is 14.6. The molecule has 0 saturated carbocycles. The Morgan fingerprint density at radius 2 is 1.47 bits per heavy atom. The van der Waals surface area contributed by atoms with Crippen LogP contribution < -0.4 is 15.2 Å². The summed E-state index contributed by atoms with van der Waals surface area (Å²) in [5.41, 5.74) is 0.0593. The molecule has 0 radical (unpaired) electrons. The molecule has 0 N–H and O–H groups in total. The van der Waals surface area contributed by atoms with Crippen molar-refractivity contribution in [2.24, 2.45) is 7.05 Å². The number of hydrogen-bond acceptors (Lipinski definition) is 8. The molecule has 1 aromatic heterocycles. The van der Waals surface area contributed by atoms with Crippen molar-refractivity contribution in [1.29, 1.82) is 0 Å². The van der Waals surface area contributed by atoms with E-state index in [-0.39, 0.29) is 42.2 Å². The highest BCUT2D eigenvalue weighted by molar-refractivity contribution is 7.89. The van der Waals surface area contributed by atoms with Crippen molar-refractivity contribution in [3.8, 4) is 11.5 Å². The Morgan fingerprint density at radius 1 is 0.853 bits per heavy atom. The molecule has 2 aliphatic heterocycles. The molecule has 11 nitrogen and oxygen atoms in total. The molecular weight excluding hydrogens is 493 g/mol. The van der Waals surface area contributed by atoms with Gasteiger partial charge in [0.2, 0.25) is 20.0 Å². The first-order valence-electron chi connectivity index (χ1n) is 10.3. The van der Waals surface area contributed by atoms with E-state index in [1.165, 1.54) is 29.6 Å². The van der Waals surface area contributed by atoms with Crippen LogP contribution in [0.25, 0.3) is 11.1 Å². The molecular formula is C20H20FN3O8S2. The average molecular weight is 514 g/mol. The lowest BCUT2D eigenvalue weighted by atomic mass is 10.3. The Hall–Kier alpha value is -2.94. The van der Waals surface area contributed by atoms with Crippen LogP contribution in [0, 0.1) is 5.82 Å². The number of ether oxygens (including phenoxy) is 2. The van der Waals surface area contributed by atoms with E-state index in [0.29, 0.717) is 24.7 Å². The van der Waals surface area contributed by atoms with Gasteiger partial charge in [-0.3, -0.25) is 4.57 Å². The molecule has 0 spiro atoms. The predicted octanol–water partition coefficient (Wildman–Crippen LogP) is 0.737. The number of oxazole rings is 1. The van der Waals surface area contributed by atoms with E-state index in [1.807, 2.05) is 0 Å². The lowest BCUT2D eigenvalue weighted by Crippen LogP contribution is -2.50. The summed E-state index contributed by atoms with van der Waals surface area (Å²) in [5.74, 6) is -1.03. The summed E-state index contributed by atoms with van der Waals surface area (Å²) in [6, 6.07) is 6.21. The quantitative estimate of drug-likeness (QED) is 0.500. The summed E-state index contributed by atoms with van der Waals surface area (Å²) in [4.78, 5) is 11.1. The van der Waals surface area contributed by atoms with Crippen LogP contribution in [0.3, 0.4) is 0 Å². The van der Waals surface area contributed by atoms with Crippen LogP contribution in [0.4, 0.5) is 4.39 Å². The molecule has 182 valence electrons. The monoisotopic (exact) mass is 513 g/mol. The van der Waals surface area contributed by atoms with Gasteiger partial charge in [-0.25, -0.2) is 26.0 Å². The second-order valence-electron chi connectivity index (χ2n) is 7.79. The Kier molecular flexibility index (Phi) is 5.42. The average Bonchev–Trinajstić information content (AvgIpc) is 3.10. The van der Waals surface area contributed by atoms with Gasteiger partial charge in [-0.1, -0.05) is 0 Å². The fourth-order valence-electron chi connectivity index (χ4n) is 3.95. The van der Waals surface area contributed by atoms with Crippen LogP contribution in [-0.4, -0.2) is 69.4 Å². The lowest BCUT2D eigenvalue weighted by molar-refractivity contribution is 0.171. The molecule has 0 aliphatic carbocycles. The lowest BCUT2D eigenvalue weighted by Gasteiger charge is -2.33. The molecule has 0 bridgehead atoms. The van der Waals surface area contributed by atoms with E-state index >= 15 is 0 Å². The molecule has 0 unspecified atom stereocenters. The van der Waals surface area contributed by atoms with Crippen LogP contribution in [-0.2, 0) is 27.1 Å². The number of benzene rings is 2. The van der Waals surface area contributed by atoms with E-state index in [1.54, 1.807) is 0 Å². The molecule has 0 amide bonds. The minimum Gasteiger partial charge on any atom is -0.486 e. The smallest absolute Gasteiger partial charge is 0.419 e. The van der Waals surface area contributed by atoms with Crippen LogP contribution in [0.1, 0.15) is 0 Å². The fraction of sp³-hybridized carbons (Fsp3) is 0.350. The third kappa shape index (κ3) is 3.66. The van der Waals surface area contributed by atoms with Gasteiger partial charge in [-0.15, -0.1) is 0 Å². The summed E-state index contributed by atoms with van der Waals surface area (Å²) in [6.07, 6.45) is 0. The van der Waals surface area contributed by atoms with Gasteiger partial charge in [0.05, 0.1) is 10.4 Å². The maximum atomic E-state index is 14.6. The Morgan fingerprint density at radius 3 is 2.15 bits per heavy atom. The van der Waals surface area contributed by atoms with Gasteiger partial charge >= 0.3 is 5.76 Å². The number of piperazine rings is 1. The predicted molar refractivity (Wildman–Crippen MR) is 116 cm³/mol. The number of aryl methyl sites for hydroxylation is 1. The molecule has 3 heterocycles. The third-order valence-electron chi connectivity index (χ3n) is 5.81. The molecule has 1 fully saturated rings. The largest absolute Gasteiger partial charge is 0.486 e. The number of hydrogen-bond donors (Lipinski definition) is 0. The highest BCUT2D eigenvalue weighted by atomic mass is 32.2. The molecule has 5 rings (SSSR count). The van der Waals surface area contributed by atoms with Gasteiger partial charge in [0.15, 0.2) is 17.1 Å². The number of rotatable bonds is 4. The molecule has 2 aromatic carbocycles. The molecule has 1 saturated heterocycles. The van der Waals surface area contributed by atoms with Crippen LogP contribution in [0.15, 0.2) is 49.3 Å². The van der Waals surface area contributed by atoms with Gasteiger partial charge in [0, 0.05) is 45.4 Å². The van der Waals surface area contributed by atoms with E-state index in [9.17, 15) is 26.0 Å². The summed E-state index contributed by atoms with van der Waals surface area (Å²) in [7, 11) is -6.83. The van der Waals surface area contributed by atoms with Crippen molar-refractivity contribution >= 4 is 31.1 Å². The van der Waals surface area contributed by atoms with Gasteiger partial charge in [-0.2, -0.15) is 8.61 Å². The van der Waals surface area contributed by atoms with Crippen molar-refractivity contribution < 1.29 is 35.1 Å². The van der Waals surface area contributed by atoms with Crippen molar-refractivity contribution in [2.75, 3.05) is 39.4 Å². The zero-order chi connectivity index (χ0) is 24.3. The van der Waals surface area contributed by atoms with E-state index < -0.39 is 36.5 Å². The van der Waals surface area contributed by atoms with Gasteiger partial charge in [0.25, 0.3) is 0 Å². The van der Waals surface area contributed by atoms with E-state index in [4.69, 9.17) is 13.9 Å². The van der Waals surface area contributed by atoms with Crippen molar-refractivity contribution in [1.82, 2.24) is 13.2 Å². The highest BCUT2D eigenvalue weighted by Crippen LogP contribution is 2.33. The van der Waals surface area contributed by atoms with Crippen LogP contribution in [0.2, 0.25) is 0 Å². The molecule has 0 atom stereocenters. The van der Waals surface area contributed by atoms with Crippen molar-refractivity contribution in [2.45, 2.75) is 9.79 Å². The Bertz CT molecular complexity index is 1550. The number of sulfonamides is 2. The minimum atomic E-state index is -4.29. The first-order valence-corrected chi connectivity index (χ1v) is 13.2. The topological polar surface area (TPSA) is 128 Å². The first-order chi connectivity index (χ1) is 16.1. The number of aromatic nitrogens is 1. The van der Waals surface area contributed by atoms with Gasteiger partial charge < -0.3 is 13.9 Å². The van der Waals surface area contributed by atoms with E-state index in [2.05, 4.69) is 0 Å². The number of nitrogens with zero attached hydrogens (tertiary/aromatic N) is 3. The van der Waals surface area contributed by atoms with Gasteiger partial charge in [0.1, 0.15) is 23.9 Å². The second-order valence-corrected chi connectivity index (χ2v) is 11.6. The molecule has 34 heavy (non-hydrogen) atoms. The Balaban J connectivity index is 1.37. The zero-order valence-corrected chi connectivity index (χ0v) is 19.6. The number of halogens is 1. The molecule has 14 heteroatoms. The maximum Gasteiger partial charge on any atom is 0.419 e. The first kappa shape index (κ1) is 22.8. The minimum absolute atomic E-state index is 0.00503. The summed E-state index contributed by atoms with van der Waals surface area (Å²) < 4.78 is 86.1. The van der Waals surface area contributed by atoms with Crippen LogP contribution in [0.5, 0.6) is 11.5 Å². The van der Waals surface area contributed by atoms with Gasteiger partial charge in [-0.05, 0) is 18.2 Å². The summed E-state index contributed by atoms with van der Waals surface area (Å²) in [5, 5.41) is 0. The van der Waals surface area contributed by atoms with E-state index in [0.717, 1.165) is 21.0 Å². The molecule has 3 aromatic rings. The van der Waals surface area contributed by atoms with Crippen molar-refractivity contribution in [3.63, 3.8) is 0 Å². The standard InChI is InChI=1S/C20H20FN3O8S2/c1-22-15-12-19(14(21)11-17(15)32-20(22)25)34(28,29)24-6-4-23(5-7-24)33(26,27)13-2-3-16-18(10-13)31-9-8-30-16/h2-3,10-12H,4-9H2,1H3.